The van der Waals surface area contributed by atoms with Crippen molar-refractivity contribution in [2.75, 3.05) is 7.11 Å². The van der Waals surface area contributed by atoms with Gasteiger partial charge in [-0.2, -0.15) is 0 Å². The third-order valence-electron chi connectivity index (χ3n) is 4.73. The Hall–Kier alpha value is -1.69. The van der Waals surface area contributed by atoms with Gasteiger partial charge < -0.3 is 19.3 Å². The van der Waals surface area contributed by atoms with Gasteiger partial charge in [0, 0.05) is 13.0 Å². The van der Waals surface area contributed by atoms with Gasteiger partial charge in [-0.1, -0.05) is 30.3 Å². The Morgan fingerprint density at radius 1 is 1.25 bits per heavy atom. The fourth-order valence-electron chi connectivity index (χ4n) is 3.49. The molecule has 0 radical (unpaired) electrons. The van der Waals surface area contributed by atoms with E-state index in [1.54, 1.807) is 7.11 Å². The number of aliphatic hydroxyl groups excluding tert-OH is 1. The molecule has 1 N–H and O–H groups in total. The molecule has 1 fully saturated rings. The molecule has 4 atom stereocenters. The van der Waals surface area contributed by atoms with E-state index < -0.39 is 12.3 Å². The van der Waals surface area contributed by atoms with Crippen molar-refractivity contribution in [1.29, 1.82) is 0 Å². The SMILES string of the molecule is COC1OC(C2=CC(O)OC2=O)CCC1CCCc1ccccc1. The number of aryl methyl sites for hydroxylation is 1. The zero-order valence-corrected chi connectivity index (χ0v) is 13.9. The summed E-state index contributed by atoms with van der Waals surface area (Å²) in [5, 5.41) is 9.39. The predicted molar refractivity (Wildman–Crippen MR) is 88.0 cm³/mol. The largest absolute Gasteiger partial charge is 0.429 e. The van der Waals surface area contributed by atoms with Crippen LogP contribution in [0.4, 0.5) is 0 Å². The fourth-order valence-corrected chi connectivity index (χ4v) is 3.49. The molecule has 5 heteroatoms. The van der Waals surface area contributed by atoms with Crippen molar-refractivity contribution in [3.8, 4) is 0 Å². The summed E-state index contributed by atoms with van der Waals surface area (Å²) >= 11 is 0. The van der Waals surface area contributed by atoms with Crippen molar-refractivity contribution in [3.63, 3.8) is 0 Å². The van der Waals surface area contributed by atoms with Crippen LogP contribution in [-0.4, -0.2) is 36.9 Å². The highest BCUT2D eigenvalue weighted by molar-refractivity contribution is 5.91. The summed E-state index contributed by atoms with van der Waals surface area (Å²) in [6, 6.07) is 10.4. The maximum atomic E-state index is 11.7. The summed E-state index contributed by atoms with van der Waals surface area (Å²) in [5.41, 5.74) is 1.75. The number of hydrogen-bond acceptors (Lipinski definition) is 5. The van der Waals surface area contributed by atoms with E-state index in [1.165, 1.54) is 11.6 Å². The standard InChI is InChI=1S/C19H24O5/c1-22-19-14(9-5-8-13-6-3-2-4-7-13)10-11-16(23-19)15-12-17(20)24-18(15)21/h2-4,6-7,12,14,16-17,19-20H,5,8-11H2,1H3. The third-order valence-corrected chi connectivity index (χ3v) is 4.73. The quantitative estimate of drug-likeness (QED) is 0.811. The van der Waals surface area contributed by atoms with E-state index in [0.717, 1.165) is 32.1 Å². The number of cyclic esters (lactones) is 1. The molecule has 1 aromatic carbocycles. The molecular weight excluding hydrogens is 308 g/mol. The van der Waals surface area contributed by atoms with Crippen molar-refractivity contribution < 1.29 is 24.1 Å². The summed E-state index contributed by atoms with van der Waals surface area (Å²) in [5.74, 6) is -0.178. The van der Waals surface area contributed by atoms with E-state index in [9.17, 15) is 9.90 Å². The second-order valence-corrected chi connectivity index (χ2v) is 6.36. The molecule has 0 spiro atoms. The van der Waals surface area contributed by atoms with Gasteiger partial charge in [-0.3, -0.25) is 0 Å². The molecule has 5 nitrogen and oxygen atoms in total. The van der Waals surface area contributed by atoms with Crippen LogP contribution in [0.15, 0.2) is 42.0 Å². The number of carbonyl (C=O) groups excluding carboxylic acids is 1. The lowest BCUT2D eigenvalue weighted by atomic mass is 9.89. The molecule has 0 amide bonds. The number of benzene rings is 1. The predicted octanol–water partition coefficient (Wildman–Crippen LogP) is 2.58. The number of hydrogen-bond donors (Lipinski definition) is 1. The Morgan fingerprint density at radius 2 is 2.04 bits per heavy atom. The Kier molecular flexibility index (Phi) is 5.66. The monoisotopic (exact) mass is 332 g/mol. The number of ether oxygens (including phenoxy) is 3. The van der Waals surface area contributed by atoms with Crippen LogP contribution in [0, 0.1) is 5.92 Å². The van der Waals surface area contributed by atoms with Crippen LogP contribution < -0.4 is 0 Å². The van der Waals surface area contributed by atoms with Crippen LogP contribution in [0.25, 0.3) is 0 Å². The first-order valence-electron chi connectivity index (χ1n) is 8.50. The summed E-state index contributed by atoms with van der Waals surface area (Å²) in [6.07, 6.45) is 4.40. The van der Waals surface area contributed by atoms with Gasteiger partial charge in [-0.15, -0.1) is 0 Å². The van der Waals surface area contributed by atoms with Gasteiger partial charge in [0.2, 0.25) is 6.29 Å². The summed E-state index contributed by atoms with van der Waals surface area (Å²) < 4.78 is 16.2. The highest BCUT2D eigenvalue weighted by Crippen LogP contribution is 2.34. The molecule has 0 aromatic heterocycles. The third kappa shape index (κ3) is 4.04. The molecule has 0 aliphatic carbocycles. The summed E-state index contributed by atoms with van der Waals surface area (Å²) in [6.45, 7) is 0. The van der Waals surface area contributed by atoms with Gasteiger partial charge in [-0.25, -0.2) is 4.79 Å². The van der Waals surface area contributed by atoms with Gasteiger partial charge in [-0.05, 0) is 43.7 Å². The Bertz CT molecular complexity index is 583. The smallest absolute Gasteiger partial charge is 0.339 e. The fraction of sp³-hybridized carbons (Fsp3) is 0.526. The Morgan fingerprint density at radius 3 is 2.71 bits per heavy atom. The van der Waals surface area contributed by atoms with Gasteiger partial charge in [0.05, 0.1) is 11.7 Å². The molecule has 1 aromatic rings. The van der Waals surface area contributed by atoms with E-state index in [-0.39, 0.29) is 12.4 Å². The lowest BCUT2D eigenvalue weighted by molar-refractivity contribution is -0.202. The molecule has 0 saturated carbocycles. The second-order valence-electron chi connectivity index (χ2n) is 6.36. The van der Waals surface area contributed by atoms with Crippen molar-refractivity contribution in [2.24, 2.45) is 5.92 Å². The maximum Gasteiger partial charge on any atom is 0.339 e. The first-order chi connectivity index (χ1) is 11.7. The second kappa shape index (κ2) is 7.92. The van der Waals surface area contributed by atoms with Gasteiger partial charge in [0.25, 0.3) is 0 Å². The van der Waals surface area contributed by atoms with Crippen LogP contribution >= 0.6 is 0 Å². The number of methoxy groups -OCH3 is 1. The van der Waals surface area contributed by atoms with Crippen molar-refractivity contribution in [2.45, 2.75) is 50.8 Å². The molecule has 2 heterocycles. The summed E-state index contributed by atoms with van der Waals surface area (Å²) in [4.78, 5) is 11.7. The van der Waals surface area contributed by atoms with E-state index in [0.29, 0.717) is 11.5 Å². The first kappa shape index (κ1) is 17.1. The number of carbonyl (C=O) groups is 1. The topological polar surface area (TPSA) is 65.0 Å². The van der Waals surface area contributed by atoms with Crippen molar-refractivity contribution in [3.05, 3.63) is 47.5 Å². The van der Waals surface area contributed by atoms with E-state index in [2.05, 4.69) is 24.3 Å². The molecule has 3 rings (SSSR count). The normalized spacial score (nSPS) is 30.1. The van der Waals surface area contributed by atoms with Crippen molar-refractivity contribution in [1.82, 2.24) is 0 Å². The minimum atomic E-state index is -1.15. The van der Waals surface area contributed by atoms with Gasteiger partial charge in [0.15, 0.2) is 6.29 Å². The van der Waals surface area contributed by atoms with E-state index in [4.69, 9.17) is 14.2 Å². The average molecular weight is 332 g/mol. The molecule has 2 aliphatic heterocycles. The molecule has 1 saturated heterocycles. The number of rotatable bonds is 6. The highest BCUT2D eigenvalue weighted by Gasteiger charge is 2.38. The number of esters is 1. The molecule has 130 valence electrons. The van der Waals surface area contributed by atoms with Crippen LogP contribution in [0.2, 0.25) is 0 Å². The number of aliphatic hydroxyl groups is 1. The molecular formula is C19H24O5. The van der Waals surface area contributed by atoms with Crippen molar-refractivity contribution >= 4 is 5.97 Å². The van der Waals surface area contributed by atoms with Gasteiger partial charge >= 0.3 is 5.97 Å². The van der Waals surface area contributed by atoms with Crippen LogP contribution in [0.5, 0.6) is 0 Å². The molecule has 0 bridgehead atoms. The lowest BCUT2D eigenvalue weighted by Gasteiger charge is -2.35. The van der Waals surface area contributed by atoms with E-state index in [1.807, 2.05) is 6.07 Å². The first-order valence-corrected chi connectivity index (χ1v) is 8.50. The zero-order valence-electron chi connectivity index (χ0n) is 13.9. The maximum absolute atomic E-state index is 11.7. The van der Waals surface area contributed by atoms with Crippen LogP contribution in [0.1, 0.15) is 31.2 Å². The Balaban J connectivity index is 1.52. The zero-order chi connectivity index (χ0) is 16.9. The highest BCUT2D eigenvalue weighted by atomic mass is 16.7. The Labute approximate surface area is 142 Å². The lowest BCUT2D eigenvalue weighted by Crippen LogP contribution is -2.38. The molecule has 4 unspecified atom stereocenters. The van der Waals surface area contributed by atoms with Crippen LogP contribution in [-0.2, 0) is 25.4 Å². The van der Waals surface area contributed by atoms with Gasteiger partial charge in [0.1, 0.15) is 0 Å². The van der Waals surface area contributed by atoms with Crippen LogP contribution in [0.3, 0.4) is 0 Å². The average Bonchev–Trinajstić information content (AvgIpc) is 2.94. The summed E-state index contributed by atoms with van der Waals surface area (Å²) in [7, 11) is 1.63. The minimum absolute atomic E-state index is 0.318. The van der Waals surface area contributed by atoms with E-state index >= 15 is 0 Å². The minimum Gasteiger partial charge on any atom is -0.429 e. The molecule has 24 heavy (non-hydrogen) atoms. The molecule has 2 aliphatic rings.